The highest BCUT2D eigenvalue weighted by Crippen LogP contribution is 2.38. The van der Waals surface area contributed by atoms with E-state index in [9.17, 15) is 29.5 Å². The molecule has 5 N–H and O–H groups in total. The summed E-state index contributed by atoms with van der Waals surface area (Å²) in [5, 5.41) is 31.2. The van der Waals surface area contributed by atoms with Crippen LogP contribution in [-0.4, -0.2) is 74.7 Å². The Morgan fingerprint density at radius 1 is 0.760 bits per heavy atom. The number of hydrogen-bond donors (Lipinski definition) is 5. The first-order chi connectivity index (χ1) is 23.8. The molecule has 0 aromatic carbocycles. The minimum absolute atomic E-state index is 0.0804. The van der Waals surface area contributed by atoms with Crippen LogP contribution in [0.3, 0.4) is 0 Å². The topological polar surface area (TPSA) is 180 Å². The minimum Gasteiger partial charge on any atom is -0.462 e. The van der Waals surface area contributed by atoms with E-state index in [1.54, 1.807) is 6.08 Å². The van der Waals surface area contributed by atoms with Gasteiger partial charge in [-0.25, -0.2) is 4.57 Å². The summed E-state index contributed by atoms with van der Waals surface area (Å²) in [5.41, 5.74) is 0. The molecule has 1 saturated carbocycles. The highest BCUT2D eigenvalue weighted by Gasteiger charge is 2.39. The fourth-order valence-electron chi connectivity index (χ4n) is 6.59. The number of aliphatic hydroxyl groups excluding tert-OH is 3. The van der Waals surface area contributed by atoms with Crippen molar-refractivity contribution in [2.45, 2.75) is 186 Å². The zero-order chi connectivity index (χ0) is 37.2. The molecular weight excluding hydrogens is 663 g/mol. The molecule has 11 nitrogen and oxygen atoms in total. The number of esters is 2. The number of phosphoric ester groups is 1. The van der Waals surface area contributed by atoms with Crippen LogP contribution in [-0.2, 0) is 28.2 Å². The zero-order valence-electron chi connectivity index (χ0n) is 31.3. The molecule has 50 heavy (non-hydrogen) atoms. The maximum Gasteiger partial charge on any atom is 0.469 e. The first-order valence-corrected chi connectivity index (χ1v) is 21.1. The van der Waals surface area contributed by atoms with Gasteiger partial charge in [0.25, 0.3) is 0 Å². The lowest BCUT2D eigenvalue weighted by Crippen LogP contribution is -2.29. The molecule has 6 atom stereocenters. The Hall–Kier alpha value is -1.33. The summed E-state index contributed by atoms with van der Waals surface area (Å²) in [6.07, 6.45) is 20.2. The molecule has 12 heteroatoms. The quantitative estimate of drug-likeness (QED) is 0.0204. The highest BCUT2D eigenvalue weighted by molar-refractivity contribution is 7.46. The van der Waals surface area contributed by atoms with Crippen molar-refractivity contribution in [3.63, 3.8) is 0 Å². The lowest BCUT2D eigenvalue weighted by molar-refractivity contribution is -0.161. The predicted octanol–water partition coefficient (Wildman–Crippen LogP) is 7.69. The van der Waals surface area contributed by atoms with Crippen molar-refractivity contribution in [2.24, 2.45) is 17.8 Å². The molecule has 0 unspecified atom stereocenters. The van der Waals surface area contributed by atoms with Crippen LogP contribution >= 0.6 is 7.82 Å². The van der Waals surface area contributed by atoms with Crippen LogP contribution in [0.15, 0.2) is 12.2 Å². The molecule has 1 rings (SSSR count). The largest absolute Gasteiger partial charge is 0.469 e. The Morgan fingerprint density at radius 2 is 1.32 bits per heavy atom. The summed E-state index contributed by atoms with van der Waals surface area (Å²) >= 11 is 0. The van der Waals surface area contributed by atoms with Crippen molar-refractivity contribution >= 4 is 19.8 Å². The number of hydrogen-bond acceptors (Lipinski definition) is 9. The third-order valence-electron chi connectivity index (χ3n) is 9.56. The molecule has 294 valence electrons. The first-order valence-electron chi connectivity index (χ1n) is 19.6. The van der Waals surface area contributed by atoms with E-state index in [4.69, 9.17) is 19.3 Å². The molecule has 0 aromatic heterocycles. The van der Waals surface area contributed by atoms with Crippen LogP contribution in [0.25, 0.3) is 0 Å². The summed E-state index contributed by atoms with van der Waals surface area (Å²) in [4.78, 5) is 42.9. The molecule has 0 aromatic rings. The first kappa shape index (κ1) is 46.7. The Balaban J connectivity index is 2.30. The number of carbonyl (C=O) groups is 2. The average molecular weight is 735 g/mol. The lowest BCUT2D eigenvalue weighted by atomic mass is 9.88. The Labute approximate surface area is 302 Å². The van der Waals surface area contributed by atoms with Crippen molar-refractivity contribution in [3.8, 4) is 0 Å². The van der Waals surface area contributed by atoms with Gasteiger partial charge in [-0.2, -0.15) is 0 Å². The highest BCUT2D eigenvalue weighted by atomic mass is 31.2. The molecule has 1 fully saturated rings. The number of rotatable bonds is 31. The van der Waals surface area contributed by atoms with Gasteiger partial charge in [-0.15, -0.1) is 0 Å². The second-order valence-electron chi connectivity index (χ2n) is 14.7. The molecular formula is C38H71O11P. The monoisotopic (exact) mass is 734 g/mol. The average Bonchev–Trinajstić information content (AvgIpc) is 3.32. The van der Waals surface area contributed by atoms with Crippen molar-refractivity contribution in [3.05, 3.63) is 12.2 Å². The van der Waals surface area contributed by atoms with Crippen LogP contribution in [0.4, 0.5) is 0 Å². The van der Waals surface area contributed by atoms with Crippen LogP contribution in [0.2, 0.25) is 0 Å². The van der Waals surface area contributed by atoms with E-state index >= 15 is 0 Å². The van der Waals surface area contributed by atoms with Crippen molar-refractivity contribution in [1.29, 1.82) is 0 Å². The van der Waals surface area contributed by atoms with E-state index in [2.05, 4.69) is 25.3 Å². The van der Waals surface area contributed by atoms with E-state index in [1.807, 2.05) is 6.08 Å². The summed E-state index contributed by atoms with van der Waals surface area (Å²) < 4.78 is 26.3. The summed E-state index contributed by atoms with van der Waals surface area (Å²) in [5.74, 6) is -0.528. The SMILES string of the molecule is CCCCC[C@H](O)/C=C/[C@@H]1[C@@H](CCCCCCC(=O)OC[C@H](COP(=O)(O)O)OC(=O)CCCCCCCCCCCC(C)C)[C@@H](O)C[C@H]1O. The molecule has 0 amide bonds. The summed E-state index contributed by atoms with van der Waals surface area (Å²) in [7, 11) is -4.80. The van der Waals surface area contributed by atoms with Gasteiger partial charge in [-0.3, -0.25) is 14.1 Å². The van der Waals surface area contributed by atoms with E-state index in [0.29, 0.717) is 25.7 Å². The van der Waals surface area contributed by atoms with Gasteiger partial charge in [0.15, 0.2) is 6.10 Å². The fourth-order valence-corrected chi connectivity index (χ4v) is 6.96. The van der Waals surface area contributed by atoms with Gasteiger partial charge >= 0.3 is 19.8 Å². The minimum atomic E-state index is -4.80. The molecule has 0 aliphatic heterocycles. The normalized spacial score (nSPS) is 20.8. The molecule has 0 bridgehead atoms. The second-order valence-corrected chi connectivity index (χ2v) is 15.9. The fraction of sp³-hybridized carbons (Fsp3) is 0.895. The van der Waals surface area contributed by atoms with E-state index in [0.717, 1.165) is 70.1 Å². The molecule has 0 radical (unpaired) electrons. The summed E-state index contributed by atoms with van der Waals surface area (Å²) in [6, 6.07) is 0. The summed E-state index contributed by atoms with van der Waals surface area (Å²) in [6.45, 7) is 5.68. The second kappa shape index (κ2) is 28.2. The number of phosphoric acid groups is 1. The van der Waals surface area contributed by atoms with Gasteiger partial charge in [0.2, 0.25) is 0 Å². The van der Waals surface area contributed by atoms with Gasteiger partial charge in [-0.05, 0) is 37.5 Å². The van der Waals surface area contributed by atoms with Gasteiger partial charge < -0.3 is 34.6 Å². The van der Waals surface area contributed by atoms with Gasteiger partial charge in [0.05, 0.1) is 24.9 Å². The number of carbonyl (C=O) groups excluding carboxylic acids is 2. The van der Waals surface area contributed by atoms with Crippen molar-refractivity contribution in [1.82, 2.24) is 0 Å². The Morgan fingerprint density at radius 3 is 1.92 bits per heavy atom. The number of aliphatic hydroxyl groups is 3. The third kappa shape index (κ3) is 24.8. The Kier molecular flexibility index (Phi) is 26.3. The van der Waals surface area contributed by atoms with Crippen LogP contribution in [0, 0.1) is 17.8 Å². The van der Waals surface area contributed by atoms with Gasteiger partial charge in [0.1, 0.15) is 6.61 Å². The number of ether oxygens (including phenoxy) is 2. The smallest absolute Gasteiger partial charge is 0.462 e. The molecule has 0 saturated heterocycles. The van der Waals surface area contributed by atoms with E-state index in [-0.39, 0.29) is 31.3 Å². The zero-order valence-corrected chi connectivity index (χ0v) is 32.2. The molecule has 0 spiro atoms. The van der Waals surface area contributed by atoms with E-state index < -0.39 is 50.8 Å². The van der Waals surface area contributed by atoms with Gasteiger partial charge in [-0.1, -0.05) is 129 Å². The van der Waals surface area contributed by atoms with E-state index in [1.165, 1.54) is 38.5 Å². The predicted molar refractivity (Wildman–Crippen MR) is 195 cm³/mol. The molecule has 1 aliphatic carbocycles. The van der Waals surface area contributed by atoms with Crippen LogP contribution in [0.1, 0.15) is 162 Å². The molecule has 0 heterocycles. The van der Waals surface area contributed by atoms with Gasteiger partial charge in [0, 0.05) is 25.2 Å². The third-order valence-corrected chi connectivity index (χ3v) is 10.0. The van der Waals surface area contributed by atoms with Crippen LogP contribution in [0.5, 0.6) is 0 Å². The maximum atomic E-state index is 12.4. The molecule has 1 aliphatic rings. The van der Waals surface area contributed by atoms with Crippen molar-refractivity contribution in [2.75, 3.05) is 13.2 Å². The van der Waals surface area contributed by atoms with Crippen LogP contribution < -0.4 is 0 Å². The Bertz CT molecular complexity index is 953. The number of unbranched alkanes of at least 4 members (excludes halogenated alkanes) is 13. The standard InChI is InChI=1S/C38H71O11P/c1-4-5-15-21-31(39)25-26-34-33(35(40)27-36(34)41)22-17-13-14-18-23-37(42)47-28-32(29-48-50(44,45)46)49-38(43)24-19-12-10-8-6-7-9-11-16-20-30(2)3/h25-26,30-36,39-41H,4-24,27-29H2,1-3H3,(H2,44,45,46)/b26-25+/t31-,32+,33+,34+,35-,36+/m0/s1. The lowest BCUT2D eigenvalue weighted by Gasteiger charge is -2.21. The van der Waals surface area contributed by atoms with Crippen molar-refractivity contribution < 1.29 is 53.3 Å². The maximum absolute atomic E-state index is 12.4.